The van der Waals surface area contributed by atoms with Gasteiger partial charge in [-0.2, -0.15) is 0 Å². The molecule has 6 rings (SSSR count). The number of hydrogen-bond acceptors (Lipinski definition) is 2. The van der Waals surface area contributed by atoms with Crippen molar-refractivity contribution in [2.24, 2.45) is 17.3 Å². The van der Waals surface area contributed by atoms with E-state index in [1.807, 2.05) is 12.3 Å². The third-order valence-electron chi connectivity index (χ3n) is 7.30. The zero-order valence-corrected chi connectivity index (χ0v) is 17.0. The topological polar surface area (TPSA) is 37.7 Å². The maximum atomic E-state index is 13.1. The molecule has 0 aromatic carbocycles. The standard InChI is InChI=1S/C21H28BrN3O/c22-21-12-16-9-17(13-21)11-20(10-16,15-21)14-19(26)25-7-5-24(6-8-25)18-3-1-2-4-23-18/h1-4,16-17H,5-15H2/p+1/t16-,17+,20?,21?. The summed E-state index contributed by atoms with van der Waals surface area (Å²) < 4.78 is 0.346. The number of piperazine rings is 1. The van der Waals surface area contributed by atoms with Crippen LogP contribution in [0.5, 0.6) is 0 Å². The Morgan fingerprint density at radius 2 is 1.85 bits per heavy atom. The number of nitrogens with one attached hydrogen (secondary N) is 1. The highest BCUT2D eigenvalue weighted by Crippen LogP contribution is 2.65. The molecule has 1 aromatic rings. The highest BCUT2D eigenvalue weighted by Gasteiger charge is 2.57. The Balaban J connectivity index is 1.22. The fourth-order valence-corrected chi connectivity index (χ4v) is 8.26. The van der Waals surface area contributed by atoms with Crippen LogP contribution in [0.2, 0.25) is 0 Å². The predicted octanol–water partition coefficient (Wildman–Crippen LogP) is 3.27. The van der Waals surface area contributed by atoms with Crippen LogP contribution < -0.4 is 9.88 Å². The van der Waals surface area contributed by atoms with Gasteiger partial charge < -0.3 is 4.90 Å². The molecule has 5 aliphatic rings. The quantitative estimate of drug-likeness (QED) is 0.706. The lowest BCUT2D eigenvalue weighted by molar-refractivity contribution is -0.364. The largest absolute Gasteiger partial charge is 0.335 e. The molecule has 1 N–H and O–H groups in total. The van der Waals surface area contributed by atoms with Gasteiger partial charge in [0.15, 0.2) is 0 Å². The Hall–Kier alpha value is -1.10. The Bertz CT molecular complexity index is 672. The molecule has 5 fully saturated rings. The third-order valence-corrected chi connectivity index (χ3v) is 8.23. The number of hydrogen-bond donors (Lipinski definition) is 0. The maximum absolute atomic E-state index is 13.1. The molecule has 1 amide bonds. The molecule has 0 radical (unpaired) electrons. The average molecular weight is 419 g/mol. The van der Waals surface area contributed by atoms with Crippen LogP contribution in [-0.4, -0.2) is 41.3 Å². The molecule has 4 nitrogen and oxygen atoms in total. The molecule has 4 atom stereocenters. The van der Waals surface area contributed by atoms with Crippen molar-refractivity contribution < 1.29 is 9.78 Å². The highest BCUT2D eigenvalue weighted by atomic mass is 79.9. The smallest absolute Gasteiger partial charge is 0.274 e. The summed E-state index contributed by atoms with van der Waals surface area (Å²) in [5.74, 6) is 3.27. The van der Waals surface area contributed by atoms with Gasteiger partial charge >= 0.3 is 0 Å². The zero-order chi connectivity index (χ0) is 17.8. The first-order chi connectivity index (χ1) is 12.5. The average Bonchev–Trinajstić information content (AvgIpc) is 2.60. The van der Waals surface area contributed by atoms with Crippen molar-refractivity contribution >= 4 is 27.7 Å². The summed E-state index contributed by atoms with van der Waals surface area (Å²) in [6, 6.07) is 6.18. The van der Waals surface area contributed by atoms with Crippen molar-refractivity contribution in [1.82, 2.24) is 4.90 Å². The fraction of sp³-hybridized carbons (Fsp3) is 0.714. The lowest BCUT2D eigenvalue weighted by Crippen LogP contribution is -2.55. The second-order valence-electron chi connectivity index (χ2n) is 9.40. The van der Waals surface area contributed by atoms with Crippen molar-refractivity contribution in [3.05, 3.63) is 24.4 Å². The number of carbonyl (C=O) groups is 1. The summed E-state index contributed by atoms with van der Waals surface area (Å²) in [5, 5.41) is 0. The van der Waals surface area contributed by atoms with Gasteiger partial charge in [0.1, 0.15) is 13.1 Å². The first-order valence-corrected chi connectivity index (χ1v) is 11.0. The Morgan fingerprint density at radius 1 is 1.12 bits per heavy atom. The number of rotatable bonds is 3. The lowest BCUT2D eigenvalue weighted by atomic mass is 9.48. The summed E-state index contributed by atoms with van der Waals surface area (Å²) in [4.78, 5) is 20.9. The monoisotopic (exact) mass is 418 g/mol. The first-order valence-electron chi connectivity index (χ1n) is 10.2. The second-order valence-corrected chi connectivity index (χ2v) is 11.1. The van der Waals surface area contributed by atoms with Gasteiger partial charge in [-0.1, -0.05) is 22.0 Å². The Labute approximate surface area is 164 Å². The molecule has 4 saturated carbocycles. The summed E-state index contributed by atoms with van der Waals surface area (Å²) in [5.41, 5.74) is 0.287. The van der Waals surface area contributed by atoms with Gasteiger partial charge in [0.2, 0.25) is 5.91 Å². The first kappa shape index (κ1) is 17.0. The molecule has 4 bridgehead atoms. The van der Waals surface area contributed by atoms with Crippen LogP contribution in [-0.2, 0) is 4.79 Å². The van der Waals surface area contributed by atoms with Crippen LogP contribution >= 0.6 is 15.9 Å². The van der Waals surface area contributed by atoms with E-state index in [-0.39, 0.29) is 5.41 Å². The van der Waals surface area contributed by atoms with E-state index in [1.165, 1.54) is 38.5 Å². The summed E-state index contributed by atoms with van der Waals surface area (Å²) in [6.07, 6.45) is 10.6. The molecule has 0 spiro atoms. The van der Waals surface area contributed by atoms with Crippen molar-refractivity contribution in [2.45, 2.75) is 49.3 Å². The number of anilines is 1. The minimum Gasteiger partial charge on any atom is -0.335 e. The summed E-state index contributed by atoms with van der Waals surface area (Å²) >= 11 is 4.08. The number of alkyl halides is 1. The van der Waals surface area contributed by atoms with Crippen LogP contribution in [0.15, 0.2) is 24.4 Å². The van der Waals surface area contributed by atoms with Crippen LogP contribution in [0, 0.1) is 17.3 Å². The maximum Gasteiger partial charge on any atom is 0.274 e. The number of halogens is 1. The van der Waals surface area contributed by atoms with E-state index in [0.717, 1.165) is 50.3 Å². The number of amides is 1. The molecule has 1 saturated heterocycles. The number of pyridine rings is 1. The van der Waals surface area contributed by atoms with Crippen molar-refractivity contribution in [1.29, 1.82) is 0 Å². The molecule has 4 aliphatic carbocycles. The van der Waals surface area contributed by atoms with E-state index < -0.39 is 0 Å². The van der Waals surface area contributed by atoms with Gasteiger partial charge in [0.25, 0.3) is 5.82 Å². The Morgan fingerprint density at radius 3 is 2.46 bits per heavy atom. The number of H-pyrrole nitrogens is 1. The van der Waals surface area contributed by atoms with Crippen LogP contribution in [0.25, 0.3) is 0 Å². The third kappa shape index (κ3) is 3.06. The van der Waals surface area contributed by atoms with Crippen LogP contribution in [0.4, 0.5) is 5.82 Å². The van der Waals surface area contributed by atoms with E-state index in [0.29, 0.717) is 10.2 Å². The van der Waals surface area contributed by atoms with Gasteiger partial charge in [-0.25, -0.2) is 4.98 Å². The molecular weight excluding hydrogens is 390 g/mol. The van der Waals surface area contributed by atoms with E-state index in [1.54, 1.807) is 0 Å². The molecule has 2 heterocycles. The minimum absolute atomic E-state index is 0.287. The molecule has 1 aliphatic heterocycles. The lowest BCUT2D eigenvalue weighted by Gasteiger charge is -2.60. The summed E-state index contributed by atoms with van der Waals surface area (Å²) in [6.45, 7) is 3.55. The predicted molar refractivity (Wildman–Crippen MR) is 105 cm³/mol. The van der Waals surface area contributed by atoms with Crippen molar-refractivity contribution in [3.8, 4) is 0 Å². The van der Waals surface area contributed by atoms with Gasteiger partial charge in [-0.3, -0.25) is 9.69 Å². The number of nitrogens with zero attached hydrogens (tertiary/aromatic N) is 2. The van der Waals surface area contributed by atoms with E-state index in [2.05, 4.69) is 42.8 Å². The molecule has 26 heavy (non-hydrogen) atoms. The van der Waals surface area contributed by atoms with Gasteiger partial charge in [0.05, 0.1) is 19.3 Å². The number of aromatic amines is 1. The number of carbonyl (C=O) groups excluding carboxylic acids is 1. The van der Waals surface area contributed by atoms with Crippen LogP contribution in [0.1, 0.15) is 44.9 Å². The van der Waals surface area contributed by atoms with E-state index in [4.69, 9.17) is 0 Å². The molecule has 5 heteroatoms. The van der Waals surface area contributed by atoms with Gasteiger partial charge in [-0.05, 0) is 61.8 Å². The van der Waals surface area contributed by atoms with Crippen molar-refractivity contribution in [2.75, 3.05) is 31.1 Å². The van der Waals surface area contributed by atoms with Crippen LogP contribution in [0.3, 0.4) is 0 Å². The SMILES string of the molecule is O=C(CC12C[C@@H]3C[C@@H](CC(Br)(C3)C1)C2)N1CCN(c2cccc[nH+]2)CC1. The zero-order valence-electron chi connectivity index (χ0n) is 15.4. The molecule has 140 valence electrons. The van der Waals surface area contributed by atoms with Gasteiger partial charge in [0, 0.05) is 16.8 Å². The van der Waals surface area contributed by atoms with E-state index in [9.17, 15) is 4.79 Å². The van der Waals surface area contributed by atoms with Gasteiger partial charge in [-0.15, -0.1) is 0 Å². The molecular formula is C21H29BrN3O+. The molecule has 2 unspecified atom stereocenters. The number of aromatic nitrogens is 1. The normalized spacial score (nSPS) is 38.7. The summed E-state index contributed by atoms with van der Waals surface area (Å²) in [7, 11) is 0. The molecule has 1 aromatic heterocycles. The minimum atomic E-state index is 0.287. The highest BCUT2D eigenvalue weighted by molar-refractivity contribution is 9.10. The second kappa shape index (κ2) is 6.22. The van der Waals surface area contributed by atoms with Crippen molar-refractivity contribution in [3.63, 3.8) is 0 Å². The Kier molecular flexibility index (Phi) is 4.07. The van der Waals surface area contributed by atoms with E-state index >= 15 is 0 Å². The fourth-order valence-electron chi connectivity index (χ4n) is 6.75.